The molecule has 4 N–H and O–H groups in total. The van der Waals surface area contributed by atoms with Crippen LogP contribution in [0.5, 0.6) is 0 Å². The molecule has 0 spiro atoms. The third-order valence-electron chi connectivity index (χ3n) is 4.35. The Balaban J connectivity index is 0.000000509. The number of halogens is 6. The number of rotatable bonds is 6. The number of hydrogen-bond donors (Lipinski definition) is 3. The third-order valence-corrected chi connectivity index (χ3v) is 4.35. The van der Waals surface area contributed by atoms with Crippen LogP contribution in [0.25, 0.3) is 16.8 Å². The minimum atomic E-state index is -5.08. The number of nitrogens with zero attached hydrogens (tertiary/aromatic N) is 4. The molecular formula is C19H18F6N6O3. The number of carboxylic acid groups (broad SMARTS) is 1. The summed E-state index contributed by atoms with van der Waals surface area (Å²) in [5.74, 6) is -3.51. The second-order valence-electron chi connectivity index (χ2n) is 6.58. The normalized spacial score (nSPS) is 11.1. The van der Waals surface area contributed by atoms with E-state index in [-0.39, 0.29) is 23.5 Å². The van der Waals surface area contributed by atoms with Crippen molar-refractivity contribution < 1.29 is 36.2 Å². The molecular weight excluding hydrogens is 474 g/mol. The number of carbonyl (C=O) groups is 1. The maximum absolute atomic E-state index is 14.7. The highest BCUT2D eigenvalue weighted by Gasteiger charge is 2.38. The van der Waals surface area contributed by atoms with Crippen molar-refractivity contribution in [2.45, 2.75) is 26.1 Å². The first-order valence-corrected chi connectivity index (χ1v) is 9.41. The van der Waals surface area contributed by atoms with Gasteiger partial charge in [0.15, 0.2) is 0 Å². The number of aromatic nitrogens is 5. The van der Waals surface area contributed by atoms with Crippen LogP contribution in [0.2, 0.25) is 0 Å². The van der Waals surface area contributed by atoms with Gasteiger partial charge in [-0.25, -0.2) is 23.6 Å². The number of nitrogens with one attached hydrogen (secondary N) is 1. The van der Waals surface area contributed by atoms with Crippen molar-refractivity contribution >= 4 is 5.97 Å². The third kappa shape index (κ3) is 6.34. The highest BCUT2D eigenvalue weighted by Crippen LogP contribution is 2.24. The molecule has 0 aliphatic heterocycles. The summed E-state index contributed by atoms with van der Waals surface area (Å²) in [6.45, 7) is 2.21. The smallest absolute Gasteiger partial charge is 0.475 e. The Bertz CT molecular complexity index is 1240. The molecule has 0 bridgehead atoms. The summed E-state index contributed by atoms with van der Waals surface area (Å²) in [7, 11) is 0. The predicted octanol–water partition coefficient (Wildman–Crippen LogP) is 2.87. The van der Waals surface area contributed by atoms with Gasteiger partial charge in [-0.1, -0.05) is 6.07 Å². The Labute approximate surface area is 187 Å². The largest absolute Gasteiger partial charge is 0.490 e. The molecule has 0 saturated carbocycles. The van der Waals surface area contributed by atoms with E-state index in [0.717, 1.165) is 10.1 Å². The van der Waals surface area contributed by atoms with Crippen LogP contribution in [-0.2, 0) is 17.8 Å². The fraction of sp³-hybridized carbons (Fsp3) is 0.263. The monoisotopic (exact) mass is 492 g/mol. The van der Waals surface area contributed by atoms with Crippen molar-refractivity contribution in [1.82, 2.24) is 24.5 Å². The van der Waals surface area contributed by atoms with E-state index < -0.39 is 36.3 Å². The predicted molar refractivity (Wildman–Crippen MR) is 107 cm³/mol. The summed E-state index contributed by atoms with van der Waals surface area (Å²) in [6, 6.07) is 4.27. The van der Waals surface area contributed by atoms with Gasteiger partial charge in [0, 0.05) is 36.8 Å². The highest BCUT2D eigenvalue weighted by molar-refractivity contribution is 5.73. The Morgan fingerprint density at radius 3 is 2.35 bits per heavy atom. The van der Waals surface area contributed by atoms with Crippen LogP contribution in [0, 0.1) is 5.82 Å². The van der Waals surface area contributed by atoms with Crippen molar-refractivity contribution in [3.8, 4) is 16.8 Å². The molecule has 0 saturated heterocycles. The van der Waals surface area contributed by atoms with Crippen molar-refractivity contribution in [3.05, 3.63) is 64.4 Å². The quantitative estimate of drug-likeness (QED) is 0.454. The zero-order valence-electron chi connectivity index (χ0n) is 17.4. The molecule has 0 amide bonds. The lowest BCUT2D eigenvalue weighted by atomic mass is 10.1. The van der Waals surface area contributed by atoms with Crippen LogP contribution in [0.3, 0.4) is 0 Å². The molecule has 1 aromatic carbocycles. The van der Waals surface area contributed by atoms with E-state index in [1.807, 2.05) is 6.92 Å². The van der Waals surface area contributed by atoms with Gasteiger partial charge >= 0.3 is 17.8 Å². The molecule has 0 aliphatic rings. The van der Waals surface area contributed by atoms with Gasteiger partial charge in [0.25, 0.3) is 6.08 Å². The number of aryl methyl sites for hydroxylation is 1. The lowest BCUT2D eigenvalue weighted by Crippen LogP contribution is -2.21. The molecule has 0 unspecified atom stereocenters. The van der Waals surface area contributed by atoms with E-state index >= 15 is 0 Å². The number of alkyl halides is 3. The van der Waals surface area contributed by atoms with E-state index in [4.69, 9.17) is 15.6 Å². The van der Waals surface area contributed by atoms with Gasteiger partial charge in [-0.2, -0.15) is 32.1 Å². The van der Waals surface area contributed by atoms with Crippen molar-refractivity contribution in [2.75, 3.05) is 6.54 Å². The van der Waals surface area contributed by atoms with Crippen molar-refractivity contribution in [2.24, 2.45) is 5.73 Å². The van der Waals surface area contributed by atoms with Crippen LogP contribution in [0.4, 0.5) is 26.3 Å². The second-order valence-corrected chi connectivity index (χ2v) is 6.58. The summed E-state index contributed by atoms with van der Waals surface area (Å²) in [5.41, 5.74) is 5.39. The van der Waals surface area contributed by atoms with Crippen LogP contribution >= 0.6 is 0 Å². The Morgan fingerprint density at radius 1 is 1.24 bits per heavy atom. The minimum absolute atomic E-state index is 0.0568. The topological polar surface area (TPSA) is 132 Å². The fourth-order valence-corrected chi connectivity index (χ4v) is 2.66. The molecule has 2 aromatic heterocycles. The first kappa shape index (κ1) is 26.4. The van der Waals surface area contributed by atoms with Gasteiger partial charge in [-0.05, 0) is 24.6 Å². The molecule has 0 radical (unpaired) electrons. The van der Waals surface area contributed by atoms with Crippen LogP contribution in [0.1, 0.15) is 12.7 Å². The fourth-order valence-electron chi connectivity index (χ4n) is 2.66. The second kappa shape index (κ2) is 10.8. The maximum atomic E-state index is 14.7. The Kier molecular flexibility index (Phi) is 8.40. The number of aromatic amines is 1. The molecule has 0 fully saturated rings. The van der Waals surface area contributed by atoms with Crippen LogP contribution in [-0.4, -0.2) is 48.3 Å². The molecule has 184 valence electrons. The van der Waals surface area contributed by atoms with Crippen LogP contribution < -0.4 is 11.4 Å². The zero-order chi connectivity index (χ0) is 25.6. The molecule has 0 atom stereocenters. The van der Waals surface area contributed by atoms with E-state index in [9.17, 15) is 31.1 Å². The lowest BCUT2D eigenvalue weighted by molar-refractivity contribution is -0.192. The van der Waals surface area contributed by atoms with Gasteiger partial charge in [-0.15, -0.1) is 0 Å². The van der Waals surface area contributed by atoms with Gasteiger partial charge in [0.1, 0.15) is 11.6 Å². The van der Waals surface area contributed by atoms with Crippen molar-refractivity contribution in [3.63, 3.8) is 0 Å². The minimum Gasteiger partial charge on any atom is -0.475 e. The molecule has 2 heterocycles. The number of aliphatic carboxylic acids is 1. The molecule has 3 rings (SSSR count). The summed E-state index contributed by atoms with van der Waals surface area (Å²) in [5, 5.41) is 17.1. The Hall–Kier alpha value is -3.88. The summed E-state index contributed by atoms with van der Waals surface area (Å²) in [4.78, 5) is 21.0. The van der Waals surface area contributed by atoms with Crippen LogP contribution in [0.15, 0.2) is 47.0 Å². The average molecular weight is 492 g/mol. The van der Waals surface area contributed by atoms with Crippen molar-refractivity contribution in [1.29, 1.82) is 0 Å². The first-order valence-electron chi connectivity index (χ1n) is 9.41. The van der Waals surface area contributed by atoms with E-state index in [1.54, 1.807) is 23.1 Å². The molecule has 15 heteroatoms. The lowest BCUT2D eigenvalue weighted by Gasteiger charge is -2.09. The average Bonchev–Trinajstić information content (AvgIpc) is 3.38. The maximum Gasteiger partial charge on any atom is 0.490 e. The standard InChI is InChI=1S/C17H17F3N6O.C2HF3O2/c1-2-25-9-12(8-22-25)10-3-4-14(13(18)5-10)26-15(23-24-17(26)27)6-11(7-21)16(19)20;3-2(4,5)1(6)7/h3-5,8-9H,2,6-7,21H2,1H3,(H,24,27);(H,6,7). The molecule has 3 aromatic rings. The zero-order valence-corrected chi connectivity index (χ0v) is 17.4. The summed E-state index contributed by atoms with van der Waals surface area (Å²) < 4.78 is 74.8. The molecule has 9 nitrogen and oxygen atoms in total. The number of benzene rings is 1. The first-order chi connectivity index (χ1) is 15.9. The molecule has 34 heavy (non-hydrogen) atoms. The van der Waals surface area contributed by atoms with Gasteiger partial charge in [0.05, 0.1) is 11.9 Å². The number of H-pyrrole nitrogens is 1. The Morgan fingerprint density at radius 2 is 1.88 bits per heavy atom. The van der Waals surface area contributed by atoms with Gasteiger partial charge < -0.3 is 10.8 Å². The number of carboxylic acids is 1. The summed E-state index contributed by atoms with van der Waals surface area (Å²) >= 11 is 0. The number of nitrogens with two attached hydrogens (primary N) is 1. The summed E-state index contributed by atoms with van der Waals surface area (Å²) in [6.07, 6.45) is -4.02. The van der Waals surface area contributed by atoms with E-state index in [0.29, 0.717) is 12.1 Å². The van der Waals surface area contributed by atoms with E-state index in [1.165, 1.54) is 12.1 Å². The van der Waals surface area contributed by atoms with E-state index in [2.05, 4.69) is 15.3 Å². The number of hydrogen-bond acceptors (Lipinski definition) is 5. The molecule has 0 aliphatic carbocycles. The van der Waals surface area contributed by atoms with Gasteiger partial charge in [0.2, 0.25) is 0 Å². The van der Waals surface area contributed by atoms with Gasteiger partial charge in [-0.3, -0.25) is 4.68 Å². The SMILES string of the molecule is CCn1cc(-c2ccc(-n3c(CC(CN)=C(F)F)n[nH]c3=O)c(F)c2)cn1.O=C(O)C(F)(F)F. The highest BCUT2D eigenvalue weighted by atomic mass is 19.4.